The Kier molecular flexibility index (Phi) is 2.43. The van der Waals surface area contributed by atoms with Crippen LogP contribution in [0.3, 0.4) is 0 Å². The number of rotatable bonds is 2. The average Bonchev–Trinajstić information content (AvgIpc) is 2.54. The highest BCUT2D eigenvalue weighted by molar-refractivity contribution is 5.86. The van der Waals surface area contributed by atoms with Crippen LogP contribution in [-0.2, 0) is 10.2 Å². The fourth-order valence-electron chi connectivity index (χ4n) is 1.28. The molecule has 1 amide bonds. The van der Waals surface area contributed by atoms with Crippen LogP contribution in [0.4, 0.5) is 0 Å². The first-order valence-corrected chi connectivity index (χ1v) is 4.13. The van der Waals surface area contributed by atoms with Gasteiger partial charge in [-0.15, -0.1) is 0 Å². The highest BCUT2D eigenvalue weighted by Crippen LogP contribution is 2.22. The number of hydrazine groups is 1. The number of nitrogens with one attached hydrogen (secondary N) is 1. The van der Waals surface area contributed by atoms with Crippen molar-refractivity contribution in [3.8, 4) is 0 Å². The van der Waals surface area contributed by atoms with Crippen LogP contribution < -0.4 is 5.84 Å². The summed E-state index contributed by atoms with van der Waals surface area (Å²) < 4.78 is 0. The number of nitrogens with two attached hydrogens (primary N) is 1. The van der Waals surface area contributed by atoms with Gasteiger partial charge in [-0.25, -0.2) is 5.84 Å². The molecule has 1 heterocycles. The number of amides is 1. The fourth-order valence-corrected chi connectivity index (χ4v) is 1.28. The first-order chi connectivity index (χ1) is 5.96. The first kappa shape index (κ1) is 9.80. The number of hydrogen-bond acceptors (Lipinski definition) is 2. The maximum atomic E-state index is 11.6. The van der Waals surface area contributed by atoms with Gasteiger partial charge in [-0.05, 0) is 26.0 Å². The van der Waals surface area contributed by atoms with Gasteiger partial charge in [-0.2, -0.15) is 0 Å². The Hall–Kier alpha value is -1.29. The quantitative estimate of drug-likeness (QED) is 0.399. The van der Waals surface area contributed by atoms with Crippen molar-refractivity contribution in [2.45, 2.75) is 19.3 Å². The van der Waals surface area contributed by atoms with Crippen LogP contribution in [0.2, 0.25) is 0 Å². The normalized spacial score (nSPS) is 11.4. The summed E-state index contributed by atoms with van der Waals surface area (Å²) in [5.74, 6) is 5.28. The van der Waals surface area contributed by atoms with Gasteiger partial charge in [-0.3, -0.25) is 9.80 Å². The minimum Gasteiger partial charge on any atom is -0.364 e. The second-order valence-corrected chi connectivity index (χ2v) is 3.62. The van der Waals surface area contributed by atoms with Gasteiger partial charge in [0.2, 0.25) is 5.91 Å². The molecule has 0 bridgehead atoms. The molecular formula is C9H15N3O. The van der Waals surface area contributed by atoms with Crippen molar-refractivity contribution in [2.75, 3.05) is 7.05 Å². The van der Waals surface area contributed by atoms with Crippen LogP contribution in [0, 0.1) is 0 Å². The molecule has 0 saturated heterocycles. The summed E-state index contributed by atoms with van der Waals surface area (Å²) in [5, 5.41) is 1.11. The van der Waals surface area contributed by atoms with Gasteiger partial charge in [0.1, 0.15) is 0 Å². The third-order valence-electron chi connectivity index (χ3n) is 2.13. The molecule has 72 valence electrons. The van der Waals surface area contributed by atoms with Crippen molar-refractivity contribution >= 4 is 5.91 Å². The summed E-state index contributed by atoms with van der Waals surface area (Å²) in [6.45, 7) is 3.68. The molecule has 0 aliphatic heterocycles. The molecule has 0 aliphatic rings. The summed E-state index contributed by atoms with van der Waals surface area (Å²) >= 11 is 0. The lowest BCUT2D eigenvalue weighted by Crippen LogP contribution is -2.45. The van der Waals surface area contributed by atoms with E-state index in [9.17, 15) is 4.79 Å². The van der Waals surface area contributed by atoms with Crippen LogP contribution in [0.5, 0.6) is 0 Å². The van der Waals surface area contributed by atoms with Gasteiger partial charge in [-0.1, -0.05) is 0 Å². The highest BCUT2D eigenvalue weighted by Gasteiger charge is 2.32. The molecule has 3 N–H and O–H groups in total. The molecule has 0 aliphatic carbocycles. The maximum absolute atomic E-state index is 11.6. The van der Waals surface area contributed by atoms with Gasteiger partial charge in [0.25, 0.3) is 0 Å². The zero-order valence-electron chi connectivity index (χ0n) is 8.16. The monoisotopic (exact) mass is 181 g/mol. The second-order valence-electron chi connectivity index (χ2n) is 3.62. The molecule has 4 heteroatoms. The van der Waals surface area contributed by atoms with E-state index in [1.807, 2.05) is 26.0 Å². The smallest absolute Gasteiger partial charge is 0.247 e. The molecule has 1 aromatic heterocycles. The van der Waals surface area contributed by atoms with Crippen molar-refractivity contribution < 1.29 is 4.79 Å². The Morgan fingerprint density at radius 1 is 1.62 bits per heavy atom. The van der Waals surface area contributed by atoms with Crippen molar-refractivity contribution in [1.29, 1.82) is 0 Å². The van der Waals surface area contributed by atoms with E-state index in [0.29, 0.717) is 0 Å². The van der Waals surface area contributed by atoms with E-state index in [2.05, 4.69) is 4.98 Å². The van der Waals surface area contributed by atoms with Crippen LogP contribution in [-0.4, -0.2) is 22.9 Å². The van der Waals surface area contributed by atoms with Crippen LogP contribution in [0.1, 0.15) is 19.5 Å². The van der Waals surface area contributed by atoms with E-state index in [-0.39, 0.29) is 5.91 Å². The van der Waals surface area contributed by atoms with Crippen molar-refractivity contribution in [3.63, 3.8) is 0 Å². The molecule has 0 fully saturated rings. The van der Waals surface area contributed by atoms with Gasteiger partial charge in [0.15, 0.2) is 0 Å². The zero-order valence-corrected chi connectivity index (χ0v) is 8.16. The van der Waals surface area contributed by atoms with Crippen molar-refractivity contribution in [2.24, 2.45) is 5.84 Å². The number of H-pyrrole nitrogens is 1. The molecule has 0 saturated carbocycles. The van der Waals surface area contributed by atoms with Crippen molar-refractivity contribution in [1.82, 2.24) is 9.99 Å². The van der Waals surface area contributed by atoms with Gasteiger partial charge in [0.05, 0.1) is 5.41 Å². The predicted molar refractivity (Wildman–Crippen MR) is 50.8 cm³/mol. The van der Waals surface area contributed by atoms with Gasteiger partial charge in [0, 0.05) is 18.9 Å². The SMILES string of the molecule is CN(N)C(=O)C(C)(C)c1ccc[nH]1. The second kappa shape index (κ2) is 3.22. The summed E-state index contributed by atoms with van der Waals surface area (Å²) in [4.78, 5) is 14.7. The minimum atomic E-state index is -0.590. The van der Waals surface area contributed by atoms with E-state index in [1.54, 1.807) is 13.2 Å². The van der Waals surface area contributed by atoms with Crippen LogP contribution >= 0.6 is 0 Å². The largest absolute Gasteiger partial charge is 0.364 e. The van der Waals surface area contributed by atoms with E-state index in [0.717, 1.165) is 10.7 Å². The highest BCUT2D eigenvalue weighted by atomic mass is 16.2. The molecular weight excluding hydrogens is 166 g/mol. The Bertz CT molecular complexity index is 288. The van der Waals surface area contributed by atoms with E-state index in [4.69, 9.17) is 5.84 Å². The number of carbonyl (C=O) groups excluding carboxylic acids is 1. The Morgan fingerprint density at radius 2 is 2.23 bits per heavy atom. The summed E-state index contributed by atoms with van der Waals surface area (Å²) in [7, 11) is 1.55. The van der Waals surface area contributed by atoms with E-state index < -0.39 is 5.41 Å². The number of carbonyl (C=O) groups is 1. The third kappa shape index (κ3) is 1.72. The number of likely N-dealkylation sites (N-methyl/N-ethyl adjacent to an activating group) is 1. The standard InChI is InChI=1S/C9H15N3O/c1-9(2,8(13)12(3)10)7-5-4-6-11-7/h4-6,11H,10H2,1-3H3. The lowest BCUT2D eigenvalue weighted by atomic mass is 9.88. The Labute approximate surface area is 77.7 Å². The minimum absolute atomic E-state index is 0.116. The molecule has 0 radical (unpaired) electrons. The number of aromatic nitrogens is 1. The fraction of sp³-hybridized carbons (Fsp3) is 0.444. The third-order valence-corrected chi connectivity index (χ3v) is 2.13. The molecule has 1 aromatic rings. The molecule has 0 aromatic carbocycles. The molecule has 4 nitrogen and oxygen atoms in total. The number of nitrogens with zero attached hydrogens (tertiary/aromatic N) is 1. The van der Waals surface area contributed by atoms with Crippen LogP contribution in [0.15, 0.2) is 18.3 Å². The molecule has 13 heavy (non-hydrogen) atoms. The summed E-state index contributed by atoms with van der Waals surface area (Å²) in [5.41, 5.74) is 0.280. The summed E-state index contributed by atoms with van der Waals surface area (Å²) in [6.07, 6.45) is 1.79. The Balaban J connectivity index is 2.95. The van der Waals surface area contributed by atoms with Crippen LogP contribution in [0.25, 0.3) is 0 Å². The number of aromatic amines is 1. The molecule has 1 rings (SSSR count). The lowest BCUT2D eigenvalue weighted by Gasteiger charge is -2.25. The van der Waals surface area contributed by atoms with Gasteiger partial charge < -0.3 is 4.98 Å². The predicted octanol–water partition coefficient (Wildman–Crippen LogP) is 0.624. The maximum Gasteiger partial charge on any atom is 0.247 e. The molecule has 0 unspecified atom stereocenters. The lowest BCUT2D eigenvalue weighted by molar-refractivity contribution is -0.135. The van der Waals surface area contributed by atoms with Crippen molar-refractivity contribution in [3.05, 3.63) is 24.0 Å². The van der Waals surface area contributed by atoms with E-state index in [1.165, 1.54) is 0 Å². The first-order valence-electron chi connectivity index (χ1n) is 4.13. The average molecular weight is 181 g/mol. The van der Waals surface area contributed by atoms with E-state index >= 15 is 0 Å². The number of hydrogen-bond donors (Lipinski definition) is 2. The molecule has 0 atom stereocenters. The topological polar surface area (TPSA) is 62.1 Å². The zero-order chi connectivity index (χ0) is 10.1. The summed E-state index contributed by atoms with van der Waals surface area (Å²) in [6, 6.07) is 3.74. The molecule has 0 spiro atoms. The van der Waals surface area contributed by atoms with Gasteiger partial charge >= 0.3 is 0 Å². The Morgan fingerprint density at radius 3 is 2.62 bits per heavy atom.